The van der Waals surface area contributed by atoms with E-state index < -0.39 is 10.5 Å². The molecule has 0 aromatic carbocycles. The maximum absolute atomic E-state index is 12.1. The van der Waals surface area contributed by atoms with E-state index in [4.69, 9.17) is 0 Å². The largest absolute Gasteiger partial charge is 0.341 e. The van der Waals surface area contributed by atoms with Gasteiger partial charge in [0.1, 0.15) is 6.54 Å². The van der Waals surface area contributed by atoms with Crippen molar-refractivity contribution in [3.63, 3.8) is 0 Å². The van der Waals surface area contributed by atoms with E-state index in [1.54, 1.807) is 4.90 Å². The Balaban J connectivity index is 2.13. The molecule has 1 aromatic rings. The Hall–Kier alpha value is -2.18. The fourth-order valence-electron chi connectivity index (χ4n) is 2.41. The maximum atomic E-state index is 12.1. The molecular formula is C13H17N3O4. The van der Waals surface area contributed by atoms with Crippen LogP contribution in [0.4, 0.5) is 5.69 Å². The van der Waals surface area contributed by atoms with Gasteiger partial charge in [0.15, 0.2) is 0 Å². The Morgan fingerprint density at radius 1 is 1.50 bits per heavy atom. The second-order valence-electron chi connectivity index (χ2n) is 5.20. The van der Waals surface area contributed by atoms with Gasteiger partial charge in [-0.3, -0.25) is 24.3 Å². The van der Waals surface area contributed by atoms with Gasteiger partial charge in [-0.2, -0.15) is 0 Å². The third-order valence-corrected chi connectivity index (χ3v) is 3.49. The summed E-state index contributed by atoms with van der Waals surface area (Å²) in [6.07, 6.45) is 3.17. The Labute approximate surface area is 116 Å². The minimum absolute atomic E-state index is 0.146. The molecule has 1 aromatic heterocycles. The second-order valence-corrected chi connectivity index (χ2v) is 5.20. The molecule has 2 rings (SSSR count). The third kappa shape index (κ3) is 3.23. The summed E-state index contributed by atoms with van der Waals surface area (Å²) in [5, 5.41) is 10.7. The van der Waals surface area contributed by atoms with Gasteiger partial charge >= 0.3 is 0 Å². The number of carbonyl (C=O) groups excluding carboxylic acids is 1. The van der Waals surface area contributed by atoms with Crippen LogP contribution >= 0.6 is 0 Å². The Bertz CT molecular complexity index is 581. The van der Waals surface area contributed by atoms with Crippen molar-refractivity contribution >= 4 is 11.6 Å². The smallest absolute Gasteiger partial charge is 0.285 e. The van der Waals surface area contributed by atoms with Crippen molar-refractivity contribution in [1.29, 1.82) is 0 Å². The zero-order valence-electron chi connectivity index (χ0n) is 11.3. The lowest BCUT2D eigenvalue weighted by atomic mass is 10.0. The molecule has 0 N–H and O–H groups in total. The molecule has 1 fully saturated rings. The van der Waals surface area contributed by atoms with E-state index in [1.807, 2.05) is 0 Å². The molecule has 1 aliphatic heterocycles. The molecule has 108 valence electrons. The van der Waals surface area contributed by atoms with Crippen LogP contribution in [0.5, 0.6) is 0 Å². The number of amides is 1. The van der Waals surface area contributed by atoms with Gasteiger partial charge in [0, 0.05) is 25.2 Å². The van der Waals surface area contributed by atoms with Crippen molar-refractivity contribution in [1.82, 2.24) is 9.47 Å². The van der Waals surface area contributed by atoms with Crippen LogP contribution in [0.2, 0.25) is 0 Å². The van der Waals surface area contributed by atoms with Crippen LogP contribution in [0.15, 0.2) is 23.1 Å². The number of rotatable bonds is 3. The average Bonchev–Trinajstić information content (AvgIpc) is 2.41. The average molecular weight is 279 g/mol. The minimum Gasteiger partial charge on any atom is -0.341 e. The van der Waals surface area contributed by atoms with E-state index in [2.05, 4.69) is 6.92 Å². The molecular weight excluding hydrogens is 262 g/mol. The van der Waals surface area contributed by atoms with Crippen molar-refractivity contribution in [3.8, 4) is 0 Å². The van der Waals surface area contributed by atoms with Gasteiger partial charge < -0.3 is 4.90 Å². The van der Waals surface area contributed by atoms with Crippen LogP contribution in [0, 0.1) is 16.0 Å². The molecule has 20 heavy (non-hydrogen) atoms. The highest BCUT2D eigenvalue weighted by Gasteiger charge is 2.21. The first-order valence-corrected chi connectivity index (χ1v) is 6.60. The zero-order valence-corrected chi connectivity index (χ0v) is 11.3. The topological polar surface area (TPSA) is 85.4 Å². The summed E-state index contributed by atoms with van der Waals surface area (Å²) in [4.78, 5) is 35.6. The lowest BCUT2D eigenvalue weighted by Crippen LogP contribution is -2.42. The molecule has 2 heterocycles. The van der Waals surface area contributed by atoms with Crippen LogP contribution in [-0.2, 0) is 11.3 Å². The van der Waals surface area contributed by atoms with Gasteiger partial charge in [-0.05, 0) is 18.8 Å². The highest BCUT2D eigenvalue weighted by molar-refractivity contribution is 5.76. The van der Waals surface area contributed by atoms with E-state index in [1.165, 1.54) is 0 Å². The lowest BCUT2D eigenvalue weighted by Gasteiger charge is -2.31. The minimum atomic E-state index is -0.580. The number of hydrogen-bond donors (Lipinski definition) is 0. The molecule has 0 unspecified atom stereocenters. The number of likely N-dealkylation sites (tertiary alicyclic amines) is 1. The monoisotopic (exact) mass is 279 g/mol. The van der Waals surface area contributed by atoms with Crippen molar-refractivity contribution in [2.75, 3.05) is 13.1 Å². The van der Waals surface area contributed by atoms with Crippen LogP contribution in [0.1, 0.15) is 19.8 Å². The van der Waals surface area contributed by atoms with Gasteiger partial charge in [0.25, 0.3) is 11.2 Å². The van der Waals surface area contributed by atoms with E-state index in [0.29, 0.717) is 19.0 Å². The standard InChI is InChI=1S/C13H17N3O4/c1-10-3-2-6-14(7-10)13(18)9-15-8-11(16(19)20)4-5-12(15)17/h4-5,8,10H,2-3,6-7,9H2,1H3/t10-/m1/s1. The van der Waals surface area contributed by atoms with E-state index in [-0.39, 0.29) is 18.1 Å². The molecule has 0 radical (unpaired) electrons. The third-order valence-electron chi connectivity index (χ3n) is 3.49. The predicted molar refractivity (Wildman–Crippen MR) is 72.3 cm³/mol. The number of carbonyl (C=O) groups is 1. The zero-order chi connectivity index (χ0) is 14.7. The molecule has 0 spiro atoms. The number of nitro groups is 1. The van der Waals surface area contributed by atoms with E-state index in [9.17, 15) is 19.7 Å². The van der Waals surface area contributed by atoms with Gasteiger partial charge in [0.05, 0.1) is 11.1 Å². The number of pyridine rings is 1. The first kappa shape index (κ1) is 14.2. The van der Waals surface area contributed by atoms with Crippen LogP contribution in [0.25, 0.3) is 0 Å². The molecule has 1 amide bonds. The van der Waals surface area contributed by atoms with Crippen molar-refractivity contribution in [2.24, 2.45) is 5.92 Å². The summed E-state index contributed by atoms with van der Waals surface area (Å²) in [6.45, 7) is 3.31. The lowest BCUT2D eigenvalue weighted by molar-refractivity contribution is -0.385. The summed E-state index contributed by atoms with van der Waals surface area (Å²) in [7, 11) is 0. The number of aromatic nitrogens is 1. The summed E-state index contributed by atoms with van der Waals surface area (Å²) in [5.41, 5.74) is -0.599. The van der Waals surface area contributed by atoms with Gasteiger partial charge in [-0.25, -0.2) is 0 Å². The van der Waals surface area contributed by atoms with Crippen LogP contribution in [-0.4, -0.2) is 33.4 Å². The first-order valence-electron chi connectivity index (χ1n) is 6.60. The van der Waals surface area contributed by atoms with Gasteiger partial charge in [0.2, 0.25) is 5.91 Å². The Morgan fingerprint density at radius 3 is 2.90 bits per heavy atom. The van der Waals surface area contributed by atoms with E-state index in [0.717, 1.165) is 35.7 Å². The maximum Gasteiger partial charge on any atom is 0.285 e. The molecule has 0 aliphatic carbocycles. The number of hydrogen-bond acceptors (Lipinski definition) is 4. The summed E-state index contributed by atoms with van der Waals surface area (Å²) in [5.74, 6) is 0.286. The van der Waals surface area contributed by atoms with Crippen molar-refractivity contribution in [2.45, 2.75) is 26.3 Å². The van der Waals surface area contributed by atoms with E-state index >= 15 is 0 Å². The fraction of sp³-hybridized carbons (Fsp3) is 0.538. The molecule has 1 aliphatic rings. The van der Waals surface area contributed by atoms with Crippen molar-refractivity contribution in [3.05, 3.63) is 38.8 Å². The molecule has 7 heteroatoms. The molecule has 1 saturated heterocycles. The van der Waals surface area contributed by atoms with Crippen LogP contribution in [0.3, 0.4) is 0 Å². The fourth-order valence-corrected chi connectivity index (χ4v) is 2.41. The first-order chi connectivity index (χ1) is 9.47. The van der Waals surface area contributed by atoms with Crippen molar-refractivity contribution < 1.29 is 9.72 Å². The quantitative estimate of drug-likeness (QED) is 0.610. The SMILES string of the molecule is C[C@@H]1CCCN(C(=O)Cn2cc([N+](=O)[O-])ccc2=O)C1. The van der Waals surface area contributed by atoms with Crippen LogP contribution < -0.4 is 5.56 Å². The van der Waals surface area contributed by atoms with Gasteiger partial charge in [-0.1, -0.05) is 6.92 Å². The Morgan fingerprint density at radius 2 is 2.25 bits per heavy atom. The Kier molecular flexibility index (Phi) is 4.16. The number of piperidine rings is 1. The summed E-state index contributed by atoms with van der Waals surface area (Å²) >= 11 is 0. The van der Waals surface area contributed by atoms with Gasteiger partial charge in [-0.15, -0.1) is 0 Å². The highest BCUT2D eigenvalue weighted by atomic mass is 16.6. The normalized spacial score (nSPS) is 18.9. The summed E-state index contributed by atoms with van der Waals surface area (Å²) in [6, 6.07) is 2.26. The molecule has 0 bridgehead atoms. The molecule has 7 nitrogen and oxygen atoms in total. The molecule has 0 saturated carbocycles. The predicted octanol–water partition coefficient (Wildman–Crippen LogP) is 1.02. The number of nitrogens with zero attached hydrogens (tertiary/aromatic N) is 3. The highest BCUT2D eigenvalue weighted by Crippen LogP contribution is 2.16. The molecule has 1 atom stereocenters. The second kappa shape index (κ2) is 5.85. The summed E-state index contributed by atoms with van der Waals surface area (Å²) < 4.78 is 1.10.